The zero-order chi connectivity index (χ0) is 7.33. The lowest BCUT2D eigenvalue weighted by Crippen LogP contribution is -2.47. The standard InChI is InChI=1S/C8H20N.H3N.2H2O/c1-5-9(6-2,7-3)8-4;;;/h5-8H2,1-4H3;1H3;2*1H2/q+1;;;/p-1. The summed E-state index contributed by atoms with van der Waals surface area (Å²) < 4.78 is 1.28. The van der Waals surface area contributed by atoms with Gasteiger partial charge in [0.15, 0.2) is 0 Å². The summed E-state index contributed by atoms with van der Waals surface area (Å²) in [7, 11) is 0. The van der Waals surface area contributed by atoms with Gasteiger partial charge in [-0.1, -0.05) is 0 Å². The third kappa shape index (κ3) is 5.49. The average Bonchev–Trinajstić information content (AvgIpc) is 1.95. The van der Waals surface area contributed by atoms with Crippen molar-refractivity contribution in [2.24, 2.45) is 0 Å². The van der Waals surface area contributed by atoms with Crippen LogP contribution in [-0.2, 0) is 0 Å². The maximum atomic E-state index is 2.27. The molecule has 0 unspecified atom stereocenters. The van der Waals surface area contributed by atoms with E-state index in [-0.39, 0.29) is 17.1 Å². The Morgan fingerprint density at radius 1 is 0.750 bits per heavy atom. The quantitative estimate of drug-likeness (QED) is 0.657. The summed E-state index contributed by atoms with van der Waals surface area (Å²) in [6.07, 6.45) is 0. The van der Waals surface area contributed by atoms with Crippen LogP contribution in [0, 0.1) is 0 Å². The molecule has 0 spiro atoms. The van der Waals surface area contributed by atoms with Gasteiger partial charge >= 0.3 is 0 Å². The minimum Gasteiger partial charge on any atom is -0.870 e. The van der Waals surface area contributed by atoms with Gasteiger partial charge in [0.05, 0.1) is 26.2 Å². The summed E-state index contributed by atoms with van der Waals surface area (Å²) in [5, 5.41) is 0. The van der Waals surface area contributed by atoms with Crippen LogP contribution in [0.3, 0.4) is 0 Å². The smallest absolute Gasteiger partial charge is 0.0757 e. The van der Waals surface area contributed by atoms with Gasteiger partial charge in [-0.2, -0.15) is 0 Å². The zero-order valence-corrected chi connectivity index (χ0v) is 8.93. The van der Waals surface area contributed by atoms with Gasteiger partial charge in [-0.3, -0.25) is 0 Å². The van der Waals surface area contributed by atoms with Crippen molar-refractivity contribution in [3.05, 3.63) is 0 Å². The van der Waals surface area contributed by atoms with Gasteiger partial charge < -0.3 is 21.6 Å². The Morgan fingerprint density at radius 2 is 0.917 bits per heavy atom. The van der Waals surface area contributed by atoms with Crippen molar-refractivity contribution >= 4 is 0 Å². The van der Waals surface area contributed by atoms with E-state index in [0.29, 0.717) is 0 Å². The lowest BCUT2D eigenvalue weighted by Gasteiger charge is -2.34. The summed E-state index contributed by atoms with van der Waals surface area (Å²) in [4.78, 5) is 0. The molecule has 12 heavy (non-hydrogen) atoms. The number of hydrogen-bond acceptors (Lipinski definition) is 2. The second kappa shape index (κ2) is 10.8. The number of nitrogens with zero attached hydrogens (tertiary/aromatic N) is 1. The summed E-state index contributed by atoms with van der Waals surface area (Å²) in [6, 6.07) is 0. The van der Waals surface area contributed by atoms with E-state index >= 15 is 0 Å². The van der Waals surface area contributed by atoms with Crippen molar-refractivity contribution in [2.75, 3.05) is 26.2 Å². The predicted molar refractivity (Wildman–Crippen MR) is 53.0 cm³/mol. The van der Waals surface area contributed by atoms with E-state index < -0.39 is 0 Å². The van der Waals surface area contributed by atoms with Crippen LogP contribution in [0.1, 0.15) is 27.7 Å². The van der Waals surface area contributed by atoms with Crippen LogP contribution < -0.4 is 6.15 Å². The van der Waals surface area contributed by atoms with E-state index in [1.807, 2.05) is 0 Å². The molecule has 0 bridgehead atoms. The molecular weight excluding hydrogens is 156 g/mol. The van der Waals surface area contributed by atoms with Crippen LogP contribution in [0.2, 0.25) is 0 Å². The SMILES string of the molecule is CC[N+](CC)(CC)CC.N.O.[OH-]. The van der Waals surface area contributed by atoms with Crippen molar-refractivity contribution in [3.63, 3.8) is 0 Å². The fourth-order valence-electron chi connectivity index (χ4n) is 1.34. The average molecular weight is 182 g/mol. The normalized spacial score (nSPS) is 9.00. The molecule has 0 aliphatic carbocycles. The molecule has 0 rings (SSSR count). The first kappa shape index (κ1) is 22.6. The Morgan fingerprint density at radius 3 is 0.917 bits per heavy atom. The highest BCUT2D eigenvalue weighted by molar-refractivity contribution is 4.31. The van der Waals surface area contributed by atoms with Gasteiger partial charge in [-0.05, 0) is 27.7 Å². The van der Waals surface area contributed by atoms with Crippen LogP contribution in [0.5, 0.6) is 0 Å². The van der Waals surface area contributed by atoms with Crippen molar-refractivity contribution in [1.82, 2.24) is 6.15 Å². The molecule has 4 nitrogen and oxygen atoms in total. The third-order valence-corrected chi connectivity index (χ3v) is 2.68. The minimum atomic E-state index is 0. The molecule has 0 heterocycles. The molecule has 0 radical (unpaired) electrons. The molecule has 0 aromatic carbocycles. The highest BCUT2D eigenvalue weighted by atomic mass is 16.0. The van der Waals surface area contributed by atoms with Gasteiger partial charge in [0.25, 0.3) is 0 Å². The van der Waals surface area contributed by atoms with Crippen molar-refractivity contribution < 1.29 is 15.4 Å². The predicted octanol–water partition coefficient (Wildman–Crippen LogP) is 1.04. The van der Waals surface area contributed by atoms with Crippen molar-refractivity contribution in [2.45, 2.75) is 27.7 Å². The third-order valence-electron chi connectivity index (χ3n) is 2.68. The highest BCUT2D eigenvalue weighted by Crippen LogP contribution is 2.03. The van der Waals surface area contributed by atoms with E-state index in [9.17, 15) is 0 Å². The monoisotopic (exact) mass is 182 g/mol. The lowest BCUT2D eigenvalue weighted by molar-refractivity contribution is -0.921. The van der Waals surface area contributed by atoms with Crippen LogP contribution in [0.25, 0.3) is 0 Å². The Bertz CT molecular complexity index is 57.9. The van der Waals surface area contributed by atoms with Crippen LogP contribution in [0.15, 0.2) is 0 Å². The van der Waals surface area contributed by atoms with Gasteiger partial charge in [0, 0.05) is 0 Å². The fourth-order valence-corrected chi connectivity index (χ4v) is 1.34. The summed E-state index contributed by atoms with van der Waals surface area (Å²) in [6.45, 7) is 14.2. The van der Waals surface area contributed by atoms with Gasteiger partial charge in [-0.15, -0.1) is 0 Å². The Hall–Kier alpha value is -0.160. The first-order valence-electron chi connectivity index (χ1n) is 4.09. The van der Waals surface area contributed by atoms with Gasteiger partial charge in [0.1, 0.15) is 0 Å². The first-order chi connectivity index (χ1) is 4.24. The molecule has 0 saturated heterocycles. The van der Waals surface area contributed by atoms with E-state index in [4.69, 9.17) is 0 Å². The summed E-state index contributed by atoms with van der Waals surface area (Å²) >= 11 is 0. The lowest BCUT2D eigenvalue weighted by atomic mass is 10.3. The van der Waals surface area contributed by atoms with Crippen molar-refractivity contribution in [3.8, 4) is 0 Å². The molecule has 0 atom stereocenters. The van der Waals surface area contributed by atoms with Gasteiger partial charge in [0.2, 0.25) is 0 Å². The van der Waals surface area contributed by atoms with Crippen LogP contribution in [-0.4, -0.2) is 41.6 Å². The fraction of sp³-hybridized carbons (Fsp3) is 1.00. The van der Waals surface area contributed by atoms with Crippen LogP contribution in [0.4, 0.5) is 0 Å². The molecule has 0 aromatic rings. The van der Waals surface area contributed by atoms with E-state index in [1.54, 1.807) is 0 Å². The number of rotatable bonds is 4. The van der Waals surface area contributed by atoms with Gasteiger partial charge in [-0.25, -0.2) is 0 Å². The van der Waals surface area contributed by atoms with Crippen LogP contribution >= 0.6 is 0 Å². The zero-order valence-electron chi connectivity index (χ0n) is 8.93. The number of quaternary nitrogens is 1. The Labute approximate surface area is 76.4 Å². The second-order valence-electron chi connectivity index (χ2n) is 2.61. The van der Waals surface area contributed by atoms with E-state index in [0.717, 1.165) is 0 Å². The first-order valence-corrected chi connectivity index (χ1v) is 4.09. The maximum absolute atomic E-state index is 2.27. The topological polar surface area (TPSA) is 96.5 Å². The Balaban J connectivity index is -0.000000107. The summed E-state index contributed by atoms with van der Waals surface area (Å²) in [5.41, 5.74) is 0. The second-order valence-corrected chi connectivity index (χ2v) is 2.61. The summed E-state index contributed by atoms with van der Waals surface area (Å²) in [5.74, 6) is 0. The molecule has 4 heteroatoms. The molecule has 80 valence electrons. The molecular formula is C8H26N2O2. The molecule has 0 fully saturated rings. The largest absolute Gasteiger partial charge is 0.870 e. The van der Waals surface area contributed by atoms with E-state index in [2.05, 4.69) is 27.7 Å². The minimum absolute atomic E-state index is 0. The highest BCUT2D eigenvalue weighted by Gasteiger charge is 2.16. The molecule has 0 amide bonds. The van der Waals surface area contributed by atoms with E-state index in [1.165, 1.54) is 30.7 Å². The molecule has 0 saturated carbocycles. The molecule has 0 aliphatic heterocycles. The maximum Gasteiger partial charge on any atom is 0.0757 e. The Kier molecular flexibility index (Phi) is 20.4. The van der Waals surface area contributed by atoms with Crippen molar-refractivity contribution in [1.29, 1.82) is 0 Å². The molecule has 6 N–H and O–H groups in total. The molecule has 0 aromatic heterocycles. The number of hydrogen-bond donors (Lipinski definition) is 1. The molecule has 0 aliphatic rings.